The van der Waals surface area contributed by atoms with E-state index in [1.165, 1.54) is 58.0 Å². The van der Waals surface area contributed by atoms with Gasteiger partial charge in [-0.25, -0.2) is 0 Å². The number of morpholine rings is 1. The summed E-state index contributed by atoms with van der Waals surface area (Å²) < 4.78 is 5.82. The van der Waals surface area contributed by atoms with E-state index < -0.39 is 0 Å². The number of nitrogens with one attached hydrogen (secondary N) is 1. The zero-order valence-corrected chi connectivity index (χ0v) is 11.6. The van der Waals surface area contributed by atoms with Gasteiger partial charge in [-0.1, -0.05) is 12.8 Å². The monoisotopic (exact) mass is 252 g/mol. The Bertz CT molecular complexity index is 251. The van der Waals surface area contributed by atoms with Gasteiger partial charge in [-0.15, -0.1) is 0 Å². The van der Waals surface area contributed by atoms with Crippen LogP contribution in [0, 0.1) is 5.92 Å². The quantitative estimate of drug-likeness (QED) is 0.831. The lowest BCUT2D eigenvalue weighted by Gasteiger charge is -2.44. The van der Waals surface area contributed by atoms with Crippen molar-refractivity contribution in [2.24, 2.45) is 5.92 Å². The molecule has 3 fully saturated rings. The fourth-order valence-corrected chi connectivity index (χ4v) is 4.12. The zero-order chi connectivity index (χ0) is 12.2. The summed E-state index contributed by atoms with van der Waals surface area (Å²) in [5, 5.41) is 3.44. The zero-order valence-electron chi connectivity index (χ0n) is 11.6. The minimum absolute atomic E-state index is 0.461. The number of fused-ring (bicyclic) bond motifs is 1. The molecule has 0 spiro atoms. The highest BCUT2D eigenvalue weighted by atomic mass is 16.5. The van der Waals surface area contributed by atoms with Gasteiger partial charge >= 0.3 is 0 Å². The van der Waals surface area contributed by atoms with Gasteiger partial charge in [0.1, 0.15) is 0 Å². The highest BCUT2D eigenvalue weighted by Crippen LogP contribution is 2.35. The number of ether oxygens (including phenoxy) is 1. The van der Waals surface area contributed by atoms with Crippen LogP contribution in [0.4, 0.5) is 0 Å². The Morgan fingerprint density at radius 1 is 1.11 bits per heavy atom. The first-order valence-corrected chi connectivity index (χ1v) is 8.00. The molecule has 3 aliphatic rings. The summed E-state index contributed by atoms with van der Waals surface area (Å²) >= 11 is 0. The number of hydrogen-bond acceptors (Lipinski definition) is 3. The van der Waals surface area contributed by atoms with Gasteiger partial charge in [0.2, 0.25) is 0 Å². The molecule has 1 N–H and O–H groups in total. The van der Waals surface area contributed by atoms with Gasteiger partial charge in [0, 0.05) is 25.7 Å². The minimum atomic E-state index is 0.461. The van der Waals surface area contributed by atoms with Crippen LogP contribution in [0.5, 0.6) is 0 Å². The van der Waals surface area contributed by atoms with Crippen molar-refractivity contribution in [3.8, 4) is 0 Å². The molecular formula is C15H28N2O. The van der Waals surface area contributed by atoms with Crippen molar-refractivity contribution in [2.45, 2.75) is 57.1 Å². The third-order valence-electron chi connectivity index (χ3n) is 5.10. The molecule has 0 radical (unpaired) electrons. The summed E-state index contributed by atoms with van der Waals surface area (Å²) in [6.45, 7) is 5.58. The summed E-state index contributed by atoms with van der Waals surface area (Å²) in [5.41, 5.74) is 0. The molecule has 0 aromatic rings. The Balaban J connectivity index is 1.48. The van der Waals surface area contributed by atoms with E-state index in [1.807, 2.05) is 0 Å². The summed E-state index contributed by atoms with van der Waals surface area (Å²) in [7, 11) is 0. The maximum atomic E-state index is 5.82. The second kappa shape index (κ2) is 6.36. The summed E-state index contributed by atoms with van der Waals surface area (Å²) in [6.07, 6.45) is 10.5. The van der Waals surface area contributed by atoms with Crippen molar-refractivity contribution < 1.29 is 4.74 Å². The van der Waals surface area contributed by atoms with Crippen LogP contribution in [0.2, 0.25) is 0 Å². The van der Waals surface area contributed by atoms with Gasteiger partial charge < -0.3 is 15.0 Å². The highest BCUT2D eigenvalue weighted by molar-refractivity contribution is 4.87. The smallest absolute Gasteiger partial charge is 0.0712 e. The normalized spacial score (nSPS) is 38.3. The third-order valence-corrected chi connectivity index (χ3v) is 5.10. The molecule has 104 valence electrons. The molecule has 3 heteroatoms. The van der Waals surface area contributed by atoms with E-state index in [2.05, 4.69) is 10.2 Å². The van der Waals surface area contributed by atoms with Crippen molar-refractivity contribution in [3.05, 3.63) is 0 Å². The van der Waals surface area contributed by atoms with Gasteiger partial charge in [0.05, 0.1) is 12.7 Å². The first-order valence-electron chi connectivity index (χ1n) is 8.00. The van der Waals surface area contributed by atoms with Crippen LogP contribution in [0.25, 0.3) is 0 Å². The molecule has 0 amide bonds. The molecule has 2 saturated heterocycles. The van der Waals surface area contributed by atoms with E-state index in [1.54, 1.807) is 0 Å². The SMILES string of the molecule is C1CC[C@@H]2[C@H](C1)CCCN2CCC1CNCCO1. The van der Waals surface area contributed by atoms with Crippen LogP contribution in [-0.2, 0) is 4.74 Å². The number of likely N-dealkylation sites (tertiary alicyclic amines) is 1. The Morgan fingerprint density at radius 3 is 2.89 bits per heavy atom. The molecule has 1 unspecified atom stereocenters. The predicted octanol–water partition coefficient (Wildman–Crippen LogP) is 2.02. The maximum Gasteiger partial charge on any atom is 0.0712 e. The van der Waals surface area contributed by atoms with Crippen LogP contribution in [0.3, 0.4) is 0 Å². The Morgan fingerprint density at radius 2 is 2.00 bits per heavy atom. The van der Waals surface area contributed by atoms with Crippen LogP contribution in [-0.4, -0.2) is 49.8 Å². The van der Waals surface area contributed by atoms with Crippen LogP contribution < -0.4 is 5.32 Å². The second-order valence-corrected chi connectivity index (χ2v) is 6.28. The number of piperidine rings is 1. The average molecular weight is 252 g/mol. The Kier molecular flexibility index (Phi) is 4.55. The summed E-state index contributed by atoms with van der Waals surface area (Å²) in [5.74, 6) is 1.01. The molecule has 3 atom stereocenters. The molecular weight excluding hydrogens is 224 g/mol. The molecule has 3 nitrogen and oxygen atoms in total. The fraction of sp³-hybridized carbons (Fsp3) is 1.00. The Hall–Kier alpha value is -0.120. The first-order chi connectivity index (χ1) is 8.93. The molecule has 1 aliphatic carbocycles. The fourth-order valence-electron chi connectivity index (χ4n) is 4.12. The van der Waals surface area contributed by atoms with Crippen LogP contribution in [0.15, 0.2) is 0 Å². The molecule has 0 aromatic heterocycles. The molecule has 2 heterocycles. The van der Waals surface area contributed by atoms with Crippen LogP contribution >= 0.6 is 0 Å². The lowest BCUT2D eigenvalue weighted by molar-refractivity contribution is 0.00163. The van der Waals surface area contributed by atoms with Gasteiger partial charge in [-0.3, -0.25) is 0 Å². The maximum absolute atomic E-state index is 5.82. The number of rotatable bonds is 3. The molecule has 18 heavy (non-hydrogen) atoms. The largest absolute Gasteiger partial charge is 0.376 e. The van der Waals surface area contributed by atoms with Gasteiger partial charge in [0.25, 0.3) is 0 Å². The van der Waals surface area contributed by atoms with Crippen molar-refractivity contribution in [1.82, 2.24) is 10.2 Å². The lowest BCUT2D eigenvalue weighted by Crippen LogP contribution is -2.48. The average Bonchev–Trinajstić information content (AvgIpc) is 2.46. The number of hydrogen-bond donors (Lipinski definition) is 1. The number of nitrogens with zero attached hydrogens (tertiary/aromatic N) is 1. The van der Waals surface area contributed by atoms with E-state index in [-0.39, 0.29) is 0 Å². The van der Waals surface area contributed by atoms with Crippen molar-refractivity contribution in [2.75, 3.05) is 32.8 Å². The molecule has 3 rings (SSSR count). The summed E-state index contributed by atoms with van der Waals surface area (Å²) in [4.78, 5) is 2.78. The standard InChI is InChI=1S/C15H28N2O/c1-2-6-15-13(4-1)5-3-9-17(15)10-7-14-12-16-8-11-18-14/h13-16H,1-12H2/t13-,14?,15-/m1/s1. The van der Waals surface area contributed by atoms with E-state index in [0.29, 0.717) is 6.10 Å². The topological polar surface area (TPSA) is 24.5 Å². The van der Waals surface area contributed by atoms with Crippen molar-refractivity contribution in [3.63, 3.8) is 0 Å². The van der Waals surface area contributed by atoms with Crippen LogP contribution in [0.1, 0.15) is 44.9 Å². The van der Waals surface area contributed by atoms with E-state index in [9.17, 15) is 0 Å². The third kappa shape index (κ3) is 3.06. The summed E-state index contributed by atoms with van der Waals surface area (Å²) in [6, 6.07) is 0.907. The van der Waals surface area contributed by atoms with Gasteiger partial charge in [-0.2, -0.15) is 0 Å². The molecule has 0 bridgehead atoms. The van der Waals surface area contributed by atoms with E-state index in [0.717, 1.165) is 31.7 Å². The Labute approximate surface area is 111 Å². The van der Waals surface area contributed by atoms with E-state index in [4.69, 9.17) is 4.74 Å². The molecule has 0 aromatic carbocycles. The lowest BCUT2D eigenvalue weighted by atomic mass is 9.78. The second-order valence-electron chi connectivity index (χ2n) is 6.28. The molecule has 2 aliphatic heterocycles. The first kappa shape index (κ1) is 12.9. The predicted molar refractivity (Wildman–Crippen MR) is 73.8 cm³/mol. The van der Waals surface area contributed by atoms with Crippen molar-refractivity contribution >= 4 is 0 Å². The highest BCUT2D eigenvalue weighted by Gasteiger charge is 2.33. The minimum Gasteiger partial charge on any atom is -0.376 e. The van der Waals surface area contributed by atoms with Gasteiger partial charge in [0.15, 0.2) is 0 Å². The molecule has 1 saturated carbocycles. The van der Waals surface area contributed by atoms with E-state index >= 15 is 0 Å². The van der Waals surface area contributed by atoms with Gasteiger partial charge in [-0.05, 0) is 44.6 Å². The van der Waals surface area contributed by atoms with Crippen molar-refractivity contribution in [1.29, 1.82) is 0 Å².